The molecular formula is C23H30N2O3S. The number of amides is 1. The summed E-state index contributed by atoms with van der Waals surface area (Å²) in [6.07, 6.45) is 2.17. The number of aryl methyl sites for hydroxylation is 2. The van der Waals surface area contributed by atoms with Crippen molar-refractivity contribution in [2.75, 3.05) is 13.1 Å². The van der Waals surface area contributed by atoms with Crippen LogP contribution in [0.2, 0.25) is 0 Å². The topological polar surface area (TPSA) is 66.5 Å². The Kier molecular flexibility index (Phi) is 6.75. The van der Waals surface area contributed by atoms with Crippen LogP contribution < -0.4 is 5.32 Å². The molecule has 1 N–H and O–H groups in total. The molecule has 1 aliphatic heterocycles. The third-order valence-corrected chi connectivity index (χ3v) is 7.67. The van der Waals surface area contributed by atoms with Crippen molar-refractivity contribution in [2.45, 2.75) is 51.0 Å². The molecule has 6 heteroatoms. The molecule has 0 aromatic heterocycles. The average molecular weight is 415 g/mol. The molecule has 1 amide bonds. The first-order chi connectivity index (χ1) is 13.8. The van der Waals surface area contributed by atoms with Crippen LogP contribution in [0, 0.1) is 19.8 Å². The molecule has 1 fully saturated rings. The molecule has 0 unspecified atom stereocenters. The molecule has 1 heterocycles. The molecule has 2 aromatic carbocycles. The number of nitrogens with zero attached hydrogens (tertiary/aromatic N) is 1. The van der Waals surface area contributed by atoms with Crippen LogP contribution in [0.4, 0.5) is 0 Å². The first kappa shape index (κ1) is 21.5. The summed E-state index contributed by atoms with van der Waals surface area (Å²) in [6.45, 7) is 6.87. The molecule has 29 heavy (non-hydrogen) atoms. The van der Waals surface area contributed by atoms with Gasteiger partial charge in [-0.2, -0.15) is 4.31 Å². The molecule has 3 rings (SSSR count). The summed E-state index contributed by atoms with van der Waals surface area (Å²) in [5.74, 6) is -0.397. The molecule has 0 bridgehead atoms. The van der Waals surface area contributed by atoms with Crippen molar-refractivity contribution in [3.8, 4) is 0 Å². The SMILES string of the molecule is CC[C@H](NC(=O)[C@H]1CCCN(S(=O)(=O)c2ccccc2)C1)c1ccc(C)c(C)c1. The van der Waals surface area contributed by atoms with E-state index in [9.17, 15) is 13.2 Å². The number of carbonyl (C=O) groups is 1. The number of carbonyl (C=O) groups excluding carboxylic acids is 1. The molecule has 1 saturated heterocycles. The zero-order valence-electron chi connectivity index (χ0n) is 17.4. The first-order valence-electron chi connectivity index (χ1n) is 10.3. The maximum absolute atomic E-state index is 13.0. The Morgan fingerprint density at radius 1 is 1.14 bits per heavy atom. The van der Waals surface area contributed by atoms with Gasteiger partial charge in [0.1, 0.15) is 0 Å². The van der Waals surface area contributed by atoms with E-state index in [1.165, 1.54) is 15.4 Å². The second-order valence-corrected chi connectivity index (χ2v) is 9.77. The number of nitrogens with one attached hydrogen (secondary N) is 1. The van der Waals surface area contributed by atoms with Crippen LogP contribution in [0.5, 0.6) is 0 Å². The fourth-order valence-corrected chi connectivity index (χ4v) is 5.35. The van der Waals surface area contributed by atoms with E-state index in [0.717, 1.165) is 12.0 Å². The van der Waals surface area contributed by atoms with E-state index in [1.54, 1.807) is 30.3 Å². The zero-order valence-corrected chi connectivity index (χ0v) is 18.2. The van der Waals surface area contributed by atoms with Gasteiger partial charge < -0.3 is 5.32 Å². The van der Waals surface area contributed by atoms with Crippen LogP contribution >= 0.6 is 0 Å². The second kappa shape index (κ2) is 9.09. The minimum atomic E-state index is -3.57. The van der Waals surface area contributed by atoms with E-state index in [-0.39, 0.29) is 29.3 Å². The highest BCUT2D eigenvalue weighted by molar-refractivity contribution is 7.89. The number of benzene rings is 2. The Hall–Kier alpha value is -2.18. The minimum absolute atomic E-state index is 0.0666. The molecule has 2 atom stereocenters. The summed E-state index contributed by atoms with van der Waals surface area (Å²) >= 11 is 0. The molecule has 1 aliphatic rings. The predicted molar refractivity (Wildman–Crippen MR) is 115 cm³/mol. The summed E-state index contributed by atoms with van der Waals surface area (Å²) in [5.41, 5.74) is 3.52. The van der Waals surface area contributed by atoms with Gasteiger partial charge in [0.25, 0.3) is 0 Å². The molecule has 0 radical (unpaired) electrons. The van der Waals surface area contributed by atoms with Crippen LogP contribution in [0.3, 0.4) is 0 Å². The minimum Gasteiger partial charge on any atom is -0.349 e. The molecule has 0 spiro atoms. The molecular weight excluding hydrogens is 384 g/mol. The predicted octanol–water partition coefficient (Wildman–Crippen LogP) is 3.97. The van der Waals surface area contributed by atoms with E-state index in [0.29, 0.717) is 19.4 Å². The monoisotopic (exact) mass is 414 g/mol. The van der Waals surface area contributed by atoms with Crippen molar-refractivity contribution < 1.29 is 13.2 Å². The molecule has 156 valence electrons. The van der Waals surface area contributed by atoms with Crippen molar-refractivity contribution in [2.24, 2.45) is 5.92 Å². The standard InChI is InChI=1S/C23H30N2O3S/c1-4-22(19-13-12-17(2)18(3)15-19)24-23(26)20-9-8-14-25(16-20)29(27,28)21-10-6-5-7-11-21/h5-7,10-13,15,20,22H,4,8-9,14,16H2,1-3H3,(H,24,26)/t20-,22-/m0/s1. The number of sulfonamides is 1. The lowest BCUT2D eigenvalue weighted by molar-refractivity contribution is -0.126. The summed E-state index contributed by atoms with van der Waals surface area (Å²) in [4.78, 5) is 13.2. The van der Waals surface area contributed by atoms with Gasteiger partial charge in [-0.25, -0.2) is 8.42 Å². The van der Waals surface area contributed by atoms with Crippen LogP contribution in [0.25, 0.3) is 0 Å². The Labute approximate surface area is 174 Å². The average Bonchev–Trinajstić information content (AvgIpc) is 2.74. The van der Waals surface area contributed by atoms with Crippen molar-refractivity contribution in [1.29, 1.82) is 0 Å². The lowest BCUT2D eigenvalue weighted by atomic mass is 9.96. The summed E-state index contributed by atoms with van der Waals surface area (Å²) in [6, 6.07) is 14.6. The normalized spacial score (nSPS) is 18.9. The van der Waals surface area contributed by atoms with E-state index in [1.807, 2.05) is 6.92 Å². The van der Waals surface area contributed by atoms with Crippen LogP contribution in [-0.2, 0) is 14.8 Å². The maximum atomic E-state index is 13.0. The Morgan fingerprint density at radius 3 is 2.52 bits per heavy atom. The molecule has 0 aliphatic carbocycles. The number of rotatable bonds is 6. The van der Waals surface area contributed by atoms with E-state index in [4.69, 9.17) is 0 Å². The highest BCUT2D eigenvalue weighted by atomic mass is 32.2. The zero-order chi connectivity index (χ0) is 21.0. The summed E-state index contributed by atoms with van der Waals surface area (Å²) in [5, 5.41) is 3.15. The van der Waals surface area contributed by atoms with Crippen molar-refractivity contribution in [1.82, 2.24) is 9.62 Å². The van der Waals surface area contributed by atoms with Gasteiger partial charge in [-0.05, 0) is 61.9 Å². The van der Waals surface area contributed by atoms with Crippen molar-refractivity contribution >= 4 is 15.9 Å². The molecule has 5 nitrogen and oxygen atoms in total. The van der Waals surface area contributed by atoms with Gasteiger partial charge >= 0.3 is 0 Å². The summed E-state index contributed by atoms with van der Waals surface area (Å²) in [7, 11) is -3.57. The summed E-state index contributed by atoms with van der Waals surface area (Å²) < 4.78 is 27.3. The van der Waals surface area contributed by atoms with E-state index in [2.05, 4.69) is 37.4 Å². The van der Waals surface area contributed by atoms with Gasteiger partial charge in [0.05, 0.1) is 16.9 Å². The van der Waals surface area contributed by atoms with Crippen molar-refractivity contribution in [3.05, 3.63) is 65.2 Å². The first-order valence-corrected chi connectivity index (χ1v) is 11.7. The van der Waals surface area contributed by atoms with Crippen LogP contribution in [0.15, 0.2) is 53.4 Å². The van der Waals surface area contributed by atoms with Gasteiger partial charge in [0, 0.05) is 13.1 Å². The maximum Gasteiger partial charge on any atom is 0.243 e. The van der Waals surface area contributed by atoms with E-state index < -0.39 is 10.0 Å². The lowest BCUT2D eigenvalue weighted by Gasteiger charge is -2.32. The Balaban J connectivity index is 1.71. The van der Waals surface area contributed by atoms with Gasteiger partial charge in [0.15, 0.2) is 0 Å². The highest BCUT2D eigenvalue weighted by Crippen LogP contribution is 2.26. The quantitative estimate of drug-likeness (QED) is 0.778. The van der Waals surface area contributed by atoms with Crippen LogP contribution in [-0.4, -0.2) is 31.7 Å². The smallest absolute Gasteiger partial charge is 0.243 e. The Bertz CT molecular complexity index is 957. The number of hydrogen-bond donors (Lipinski definition) is 1. The van der Waals surface area contributed by atoms with Crippen molar-refractivity contribution in [3.63, 3.8) is 0 Å². The largest absolute Gasteiger partial charge is 0.349 e. The molecule has 0 saturated carbocycles. The fourth-order valence-electron chi connectivity index (χ4n) is 3.81. The lowest BCUT2D eigenvalue weighted by Crippen LogP contribution is -2.46. The van der Waals surface area contributed by atoms with Crippen LogP contribution in [0.1, 0.15) is 48.9 Å². The third-order valence-electron chi connectivity index (χ3n) is 5.79. The highest BCUT2D eigenvalue weighted by Gasteiger charge is 2.33. The van der Waals surface area contributed by atoms with E-state index >= 15 is 0 Å². The van der Waals surface area contributed by atoms with Gasteiger partial charge in [-0.15, -0.1) is 0 Å². The fraction of sp³-hybridized carbons (Fsp3) is 0.435. The van der Waals surface area contributed by atoms with Gasteiger partial charge in [0.2, 0.25) is 15.9 Å². The third kappa shape index (κ3) is 4.87. The number of hydrogen-bond acceptors (Lipinski definition) is 3. The second-order valence-electron chi connectivity index (χ2n) is 7.83. The van der Waals surface area contributed by atoms with Gasteiger partial charge in [-0.1, -0.05) is 43.3 Å². The Morgan fingerprint density at radius 2 is 1.86 bits per heavy atom. The van der Waals surface area contributed by atoms with Gasteiger partial charge in [-0.3, -0.25) is 4.79 Å². The molecule has 2 aromatic rings. The number of piperidine rings is 1.